The summed E-state index contributed by atoms with van der Waals surface area (Å²) < 4.78 is 6.35. The van der Waals surface area contributed by atoms with Crippen LogP contribution in [0.1, 0.15) is 0 Å². The first kappa shape index (κ1) is 15.5. The van der Waals surface area contributed by atoms with Crippen molar-refractivity contribution in [1.29, 1.82) is 0 Å². The Morgan fingerprint density at radius 1 is 0.593 bits per heavy atom. The summed E-state index contributed by atoms with van der Waals surface area (Å²) in [5.74, 6) is 1.60. The van der Waals surface area contributed by atoms with Gasteiger partial charge in [-0.15, -0.1) is 0 Å². The largest absolute Gasteiger partial charge is 0.453 e. The number of para-hydroxylation sites is 5. The number of nitrogens with zero attached hydrogens (tertiary/aromatic N) is 1. The van der Waals surface area contributed by atoms with Crippen LogP contribution < -0.4 is 15.0 Å². The third kappa shape index (κ3) is 2.89. The van der Waals surface area contributed by atoms with E-state index < -0.39 is 0 Å². The molecule has 0 atom stereocenters. The maximum atomic E-state index is 6.35. The normalized spacial score (nSPS) is 12.2. The van der Waals surface area contributed by atoms with E-state index in [1.54, 1.807) is 0 Å². The van der Waals surface area contributed by atoms with E-state index in [1.165, 1.54) is 0 Å². The lowest BCUT2D eigenvalue weighted by molar-refractivity contribution is 0.486. The summed E-state index contributed by atoms with van der Waals surface area (Å²) >= 11 is 0. The molecule has 130 valence electrons. The molecule has 0 radical (unpaired) electrons. The van der Waals surface area contributed by atoms with Crippen molar-refractivity contribution in [3.63, 3.8) is 0 Å². The molecule has 0 saturated heterocycles. The highest BCUT2D eigenvalue weighted by Crippen LogP contribution is 2.44. The van der Waals surface area contributed by atoms with Gasteiger partial charge in [0, 0.05) is 17.1 Å². The molecule has 0 amide bonds. The number of benzene rings is 4. The summed E-state index contributed by atoms with van der Waals surface area (Å²) in [6.45, 7) is 0. The smallest absolute Gasteiger partial charge is 0.151 e. The van der Waals surface area contributed by atoms with Crippen LogP contribution in [-0.2, 0) is 0 Å². The predicted molar refractivity (Wildman–Crippen MR) is 111 cm³/mol. The third-order valence-corrected chi connectivity index (χ3v) is 4.61. The second-order valence-electron chi connectivity index (χ2n) is 6.41. The highest BCUT2D eigenvalue weighted by Gasteiger charge is 2.19. The van der Waals surface area contributed by atoms with Crippen LogP contribution in [0.3, 0.4) is 0 Å². The quantitative estimate of drug-likeness (QED) is 0.352. The number of nitrogens with one attached hydrogen (secondary N) is 1. The molecule has 1 aliphatic rings. The van der Waals surface area contributed by atoms with Crippen molar-refractivity contribution >= 4 is 28.4 Å². The second kappa shape index (κ2) is 6.54. The van der Waals surface area contributed by atoms with Gasteiger partial charge in [0.05, 0.1) is 11.4 Å². The lowest BCUT2D eigenvalue weighted by atomic mass is 10.1. The van der Waals surface area contributed by atoms with Gasteiger partial charge < -0.3 is 15.0 Å². The van der Waals surface area contributed by atoms with E-state index in [2.05, 4.69) is 64.8 Å². The van der Waals surface area contributed by atoms with Crippen molar-refractivity contribution in [2.45, 2.75) is 0 Å². The highest BCUT2D eigenvalue weighted by molar-refractivity contribution is 5.83. The minimum Gasteiger partial charge on any atom is -0.453 e. The molecular formula is C24H18N2O. The molecule has 3 nitrogen and oxygen atoms in total. The van der Waals surface area contributed by atoms with Crippen molar-refractivity contribution < 1.29 is 4.74 Å². The molecule has 4 aromatic carbocycles. The van der Waals surface area contributed by atoms with E-state index in [1.807, 2.05) is 48.5 Å². The van der Waals surface area contributed by atoms with Crippen molar-refractivity contribution in [2.75, 3.05) is 10.2 Å². The maximum Gasteiger partial charge on any atom is 0.151 e. The lowest BCUT2D eigenvalue weighted by Crippen LogP contribution is -2.12. The van der Waals surface area contributed by atoms with Gasteiger partial charge in [-0.05, 0) is 54.6 Å². The Morgan fingerprint density at radius 2 is 1.30 bits per heavy atom. The van der Waals surface area contributed by atoms with Crippen molar-refractivity contribution in [3.05, 3.63) is 103 Å². The predicted octanol–water partition coefficient (Wildman–Crippen LogP) is 7.01. The summed E-state index contributed by atoms with van der Waals surface area (Å²) in [6, 6.07) is 34.9. The van der Waals surface area contributed by atoms with Gasteiger partial charge in [-0.25, -0.2) is 0 Å². The van der Waals surface area contributed by atoms with Gasteiger partial charge in [0.2, 0.25) is 0 Å². The van der Waals surface area contributed by atoms with Gasteiger partial charge in [-0.2, -0.15) is 0 Å². The molecule has 1 N–H and O–H groups in total. The summed E-state index contributed by atoms with van der Waals surface area (Å²) in [5.41, 5.74) is 5.11. The van der Waals surface area contributed by atoms with Crippen LogP contribution in [0.15, 0.2) is 103 Å². The Hall–Kier alpha value is -3.72. The first-order valence-corrected chi connectivity index (χ1v) is 8.97. The maximum absolute atomic E-state index is 6.35. The first-order chi connectivity index (χ1) is 13.4. The van der Waals surface area contributed by atoms with Crippen molar-refractivity contribution in [1.82, 2.24) is 0 Å². The fourth-order valence-corrected chi connectivity index (χ4v) is 3.39. The topological polar surface area (TPSA) is 24.5 Å². The molecule has 0 spiro atoms. The molecule has 0 unspecified atom stereocenters. The average molecular weight is 350 g/mol. The Kier molecular flexibility index (Phi) is 3.76. The first-order valence-electron chi connectivity index (χ1n) is 8.97. The van der Waals surface area contributed by atoms with E-state index in [9.17, 15) is 0 Å². The minimum absolute atomic E-state index is 0.797. The van der Waals surface area contributed by atoms with Crippen LogP contribution in [0, 0.1) is 0 Å². The van der Waals surface area contributed by atoms with Crippen LogP contribution in [0.2, 0.25) is 0 Å². The SMILES string of the molecule is c1ccc(N2c3cccc(c3)Nc3ccccc3Oc3ccccc32)cc1. The lowest BCUT2D eigenvalue weighted by Gasteiger charge is -2.29. The minimum atomic E-state index is 0.797. The number of fused-ring (bicyclic) bond motifs is 4. The molecule has 3 heteroatoms. The van der Waals surface area contributed by atoms with Crippen LogP contribution in [0.4, 0.5) is 28.4 Å². The van der Waals surface area contributed by atoms with E-state index >= 15 is 0 Å². The fraction of sp³-hybridized carbons (Fsp3) is 0. The van der Waals surface area contributed by atoms with Gasteiger partial charge in [0.1, 0.15) is 0 Å². The number of ether oxygens (including phenoxy) is 1. The Balaban J connectivity index is 1.78. The summed E-state index contributed by atoms with van der Waals surface area (Å²) in [7, 11) is 0. The molecule has 4 aromatic rings. The van der Waals surface area contributed by atoms with Crippen LogP contribution in [0.25, 0.3) is 0 Å². The molecule has 2 bridgehead atoms. The van der Waals surface area contributed by atoms with Crippen LogP contribution in [0.5, 0.6) is 11.5 Å². The zero-order valence-corrected chi connectivity index (χ0v) is 14.7. The number of hydrogen-bond acceptors (Lipinski definition) is 3. The van der Waals surface area contributed by atoms with Gasteiger partial charge in [-0.1, -0.05) is 48.5 Å². The Labute approximate surface area is 158 Å². The van der Waals surface area contributed by atoms with Crippen molar-refractivity contribution in [2.24, 2.45) is 0 Å². The van der Waals surface area contributed by atoms with Crippen molar-refractivity contribution in [3.8, 4) is 11.5 Å². The number of hydrogen-bond donors (Lipinski definition) is 1. The standard InChI is InChI=1S/C24H18N2O/c1-2-10-19(11-3-1)26-20-12-8-9-18(17-20)25-21-13-4-6-15-23(21)27-24-16-7-5-14-22(24)26/h1-17,25H. The average Bonchev–Trinajstić information content (AvgIpc) is 2.72. The summed E-state index contributed by atoms with van der Waals surface area (Å²) in [4.78, 5) is 2.22. The molecule has 0 fully saturated rings. The number of anilines is 5. The second-order valence-corrected chi connectivity index (χ2v) is 6.41. The zero-order chi connectivity index (χ0) is 18.1. The molecular weight excluding hydrogens is 332 g/mol. The van der Waals surface area contributed by atoms with Gasteiger partial charge in [0.15, 0.2) is 11.5 Å². The summed E-state index contributed by atoms with van der Waals surface area (Å²) in [5, 5.41) is 3.48. The van der Waals surface area contributed by atoms with Gasteiger partial charge in [-0.3, -0.25) is 0 Å². The van der Waals surface area contributed by atoms with E-state index in [4.69, 9.17) is 4.74 Å². The van der Waals surface area contributed by atoms with Gasteiger partial charge in [0.25, 0.3) is 0 Å². The molecule has 0 aliphatic carbocycles. The van der Waals surface area contributed by atoms with E-state index in [0.29, 0.717) is 0 Å². The zero-order valence-electron chi connectivity index (χ0n) is 14.7. The third-order valence-electron chi connectivity index (χ3n) is 4.61. The molecule has 1 aliphatic heterocycles. The summed E-state index contributed by atoms with van der Waals surface area (Å²) in [6.07, 6.45) is 0. The highest BCUT2D eigenvalue weighted by atomic mass is 16.5. The molecule has 1 heterocycles. The van der Waals surface area contributed by atoms with Gasteiger partial charge >= 0.3 is 0 Å². The molecule has 5 rings (SSSR count). The molecule has 0 aromatic heterocycles. The van der Waals surface area contributed by atoms with Crippen LogP contribution in [-0.4, -0.2) is 0 Å². The Morgan fingerprint density at radius 3 is 2.19 bits per heavy atom. The Bertz CT molecular complexity index is 1090. The number of rotatable bonds is 1. The van der Waals surface area contributed by atoms with Crippen LogP contribution >= 0.6 is 0 Å². The molecule has 0 saturated carbocycles. The monoisotopic (exact) mass is 350 g/mol. The van der Waals surface area contributed by atoms with E-state index in [-0.39, 0.29) is 0 Å². The fourth-order valence-electron chi connectivity index (χ4n) is 3.39. The molecule has 27 heavy (non-hydrogen) atoms. The van der Waals surface area contributed by atoms with E-state index in [0.717, 1.165) is 39.9 Å².